The highest BCUT2D eigenvalue weighted by Gasteiger charge is 2.30. The van der Waals surface area contributed by atoms with Crippen LogP contribution in [0.2, 0.25) is 0 Å². The van der Waals surface area contributed by atoms with Crippen LogP contribution in [0, 0.1) is 0 Å². The van der Waals surface area contributed by atoms with Gasteiger partial charge in [0.15, 0.2) is 5.79 Å². The van der Waals surface area contributed by atoms with Crippen molar-refractivity contribution in [2.45, 2.75) is 31.2 Å². The molecular weight excluding hydrogens is 164 g/mol. The number of hydrogen-bond donors (Lipinski definition) is 5. The Morgan fingerprint density at radius 2 is 1.42 bits per heavy atom. The second-order valence-corrected chi connectivity index (χ2v) is 2.85. The molecule has 0 aliphatic heterocycles. The molecular formula is C7H16O5. The first-order valence-electron chi connectivity index (χ1n) is 3.86. The summed E-state index contributed by atoms with van der Waals surface area (Å²) in [5.74, 6) is -1.28. The fraction of sp³-hybridized carbons (Fsp3) is 1.00. The summed E-state index contributed by atoms with van der Waals surface area (Å²) in [6.45, 7) is -0.729. The van der Waals surface area contributed by atoms with Crippen molar-refractivity contribution in [3.05, 3.63) is 0 Å². The summed E-state index contributed by atoms with van der Waals surface area (Å²) >= 11 is 0. The summed E-state index contributed by atoms with van der Waals surface area (Å²) in [5, 5.41) is 41.0. The average Bonchev–Trinajstić information content (AvgIpc) is 2.02. The van der Waals surface area contributed by atoms with Gasteiger partial charge < -0.3 is 25.5 Å². The quantitative estimate of drug-likeness (QED) is 0.322. The standard InChI is InChI=1S/C4H8O2.C3H8O3/c5-4(6)2-1-3-4;4-1-3(6)2-5/h5-6H,1-3H2;3-6H,1-2H2. The van der Waals surface area contributed by atoms with Gasteiger partial charge >= 0.3 is 0 Å². The zero-order chi connectivity index (χ0) is 9.61. The molecule has 0 bridgehead atoms. The molecule has 0 aromatic carbocycles. The fourth-order valence-corrected chi connectivity index (χ4v) is 0.551. The molecule has 5 nitrogen and oxygen atoms in total. The van der Waals surface area contributed by atoms with Crippen molar-refractivity contribution in [1.82, 2.24) is 0 Å². The molecule has 5 heteroatoms. The van der Waals surface area contributed by atoms with Crippen molar-refractivity contribution in [2.75, 3.05) is 13.2 Å². The Morgan fingerprint density at radius 3 is 1.42 bits per heavy atom. The summed E-state index contributed by atoms with van der Waals surface area (Å²) in [4.78, 5) is 0. The topological polar surface area (TPSA) is 101 Å². The molecule has 0 spiro atoms. The third-order valence-electron chi connectivity index (χ3n) is 1.58. The molecule has 74 valence electrons. The summed E-state index contributed by atoms with van der Waals surface area (Å²) < 4.78 is 0. The molecule has 0 saturated heterocycles. The molecule has 12 heavy (non-hydrogen) atoms. The van der Waals surface area contributed by atoms with Crippen LogP contribution in [0.4, 0.5) is 0 Å². The lowest BCUT2D eigenvalue weighted by Gasteiger charge is -2.29. The van der Waals surface area contributed by atoms with Gasteiger partial charge in [0.25, 0.3) is 0 Å². The lowest BCUT2D eigenvalue weighted by atomic mass is 9.92. The minimum absolute atomic E-state index is 0.365. The Balaban J connectivity index is 0.000000202. The van der Waals surface area contributed by atoms with Crippen LogP contribution in [0.25, 0.3) is 0 Å². The van der Waals surface area contributed by atoms with Gasteiger partial charge in [0.1, 0.15) is 6.10 Å². The molecule has 5 N–H and O–H groups in total. The van der Waals surface area contributed by atoms with Crippen LogP contribution in [0.5, 0.6) is 0 Å². The molecule has 0 aromatic rings. The van der Waals surface area contributed by atoms with Crippen molar-refractivity contribution in [2.24, 2.45) is 0 Å². The summed E-state index contributed by atoms with van der Waals surface area (Å²) in [7, 11) is 0. The molecule has 1 rings (SSSR count). The van der Waals surface area contributed by atoms with E-state index in [2.05, 4.69) is 0 Å². The van der Waals surface area contributed by atoms with Crippen LogP contribution in [0.1, 0.15) is 19.3 Å². The van der Waals surface area contributed by atoms with Crippen LogP contribution in [0.3, 0.4) is 0 Å². The first-order chi connectivity index (χ1) is 5.52. The number of aliphatic hydroxyl groups excluding tert-OH is 3. The molecule has 1 aliphatic carbocycles. The van der Waals surface area contributed by atoms with Crippen molar-refractivity contribution in [3.63, 3.8) is 0 Å². The van der Waals surface area contributed by atoms with Gasteiger partial charge in [-0.25, -0.2) is 0 Å². The van der Waals surface area contributed by atoms with E-state index < -0.39 is 11.9 Å². The van der Waals surface area contributed by atoms with E-state index in [1.54, 1.807) is 0 Å². The predicted molar refractivity (Wildman–Crippen MR) is 41.2 cm³/mol. The Bertz CT molecular complexity index is 104. The molecule has 0 unspecified atom stereocenters. The molecule has 0 heterocycles. The molecule has 0 aromatic heterocycles. The van der Waals surface area contributed by atoms with E-state index in [1.807, 2.05) is 0 Å². The highest BCUT2D eigenvalue weighted by Crippen LogP contribution is 2.27. The minimum atomic E-state index is -1.28. The number of hydrogen-bond acceptors (Lipinski definition) is 5. The minimum Gasteiger partial charge on any atom is -0.394 e. The normalized spacial score (nSPS) is 19.5. The van der Waals surface area contributed by atoms with Crippen molar-refractivity contribution in [3.8, 4) is 0 Å². The van der Waals surface area contributed by atoms with Crippen LogP contribution in [-0.2, 0) is 0 Å². The van der Waals surface area contributed by atoms with Gasteiger partial charge in [0.2, 0.25) is 0 Å². The van der Waals surface area contributed by atoms with E-state index in [0.717, 1.165) is 6.42 Å². The SMILES string of the molecule is OC1(O)CCC1.OCC(O)CO. The Labute approximate surface area is 70.9 Å². The van der Waals surface area contributed by atoms with E-state index in [0.29, 0.717) is 12.8 Å². The van der Waals surface area contributed by atoms with Crippen molar-refractivity contribution >= 4 is 0 Å². The highest BCUT2D eigenvalue weighted by molar-refractivity contribution is 4.74. The Hall–Kier alpha value is -0.200. The monoisotopic (exact) mass is 180 g/mol. The Kier molecular flexibility index (Phi) is 5.36. The predicted octanol–water partition coefficient (Wildman–Crippen LogP) is -1.82. The molecule has 0 atom stereocenters. The summed E-state index contributed by atoms with van der Waals surface area (Å²) in [5.41, 5.74) is 0. The maximum absolute atomic E-state index is 8.47. The largest absolute Gasteiger partial charge is 0.394 e. The lowest BCUT2D eigenvalue weighted by molar-refractivity contribution is -0.210. The van der Waals surface area contributed by atoms with Crippen LogP contribution >= 0.6 is 0 Å². The lowest BCUT2D eigenvalue weighted by Crippen LogP contribution is -2.35. The van der Waals surface area contributed by atoms with E-state index in [1.165, 1.54) is 0 Å². The second kappa shape index (κ2) is 5.45. The first-order valence-corrected chi connectivity index (χ1v) is 3.86. The van der Waals surface area contributed by atoms with Crippen LogP contribution in [0.15, 0.2) is 0 Å². The van der Waals surface area contributed by atoms with Crippen LogP contribution < -0.4 is 0 Å². The number of rotatable bonds is 2. The third kappa shape index (κ3) is 5.45. The maximum atomic E-state index is 8.47. The van der Waals surface area contributed by atoms with Crippen molar-refractivity contribution in [1.29, 1.82) is 0 Å². The third-order valence-corrected chi connectivity index (χ3v) is 1.58. The second-order valence-electron chi connectivity index (χ2n) is 2.85. The van der Waals surface area contributed by atoms with Gasteiger partial charge in [0.05, 0.1) is 13.2 Å². The molecule has 1 aliphatic rings. The zero-order valence-electron chi connectivity index (χ0n) is 6.85. The smallest absolute Gasteiger partial charge is 0.162 e. The van der Waals surface area contributed by atoms with Gasteiger partial charge in [-0.3, -0.25) is 0 Å². The van der Waals surface area contributed by atoms with Gasteiger partial charge in [-0.2, -0.15) is 0 Å². The summed E-state index contributed by atoms with van der Waals surface area (Å²) in [6, 6.07) is 0. The van der Waals surface area contributed by atoms with Gasteiger partial charge in [-0.1, -0.05) is 0 Å². The Morgan fingerprint density at radius 1 is 1.08 bits per heavy atom. The molecule has 1 saturated carbocycles. The van der Waals surface area contributed by atoms with Crippen molar-refractivity contribution < 1.29 is 25.5 Å². The number of aliphatic hydroxyl groups is 5. The summed E-state index contributed by atoms with van der Waals surface area (Å²) in [6.07, 6.45) is 1.14. The first kappa shape index (κ1) is 11.8. The molecule has 1 fully saturated rings. The molecule has 0 radical (unpaired) electrons. The van der Waals surface area contributed by atoms with Gasteiger partial charge in [-0.05, 0) is 6.42 Å². The van der Waals surface area contributed by atoms with E-state index in [4.69, 9.17) is 25.5 Å². The average molecular weight is 180 g/mol. The van der Waals surface area contributed by atoms with E-state index >= 15 is 0 Å². The molecule has 0 amide bonds. The highest BCUT2D eigenvalue weighted by atomic mass is 16.5. The van der Waals surface area contributed by atoms with Gasteiger partial charge in [-0.15, -0.1) is 0 Å². The van der Waals surface area contributed by atoms with E-state index in [-0.39, 0.29) is 13.2 Å². The maximum Gasteiger partial charge on any atom is 0.162 e. The fourth-order valence-electron chi connectivity index (χ4n) is 0.551. The van der Waals surface area contributed by atoms with Gasteiger partial charge in [0, 0.05) is 12.8 Å². The van der Waals surface area contributed by atoms with E-state index in [9.17, 15) is 0 Å². The van der Waals surface area contributed by atoms with Crippen LogP contribution in [-0.4, -0.2) is 50.6 Å². The zero-order valence-corrected chi connectivity index (χ0v) is 6.85.